The van der Waals surface area contributed by atoms with Crippen LogP contribution in [0.2, 0.25) is 0 Å². The summed E-state index contributed by atoms with van der Waals surface area (Å²) < 4.78 is 2.62. The number of hydrogen-bond acceptors (Lipinski definition) is 1. The molecule has 1 aliphatic rings. The Morgan fingerprint density at radius 1 is 0.690 bits per heavy atom. The van der Waals surface area contributed by atoms with Crippen molar-refractivity contribution in [3.8, 4) is 0 Å². The molecule has 0 aliphatic heterocycles. The van der Waals surface area contributed by atoms with Crippen molar-refractivity contribution in [2.24, 2.45) is 10.8 Å². The van der Waals surface area contributed by atoms with Gasteiger partial charge >= 0.3 is 0 Å². The molecule has 0 atom stereocenters. The van der Waals surface area contributed by atoms with Crippen molar-refractivity contribution >= 4 is 59.8 Å². The van der Waals surface area contributed by atoms with Crippen molar-refractivity contribution in [3.63, 3.8) is 0 Å². The minimum atomic E-state index is 0.139. The van der Waals surface area contributed by atoms with Crippen LogP contribution in [0.4, 0.5) is 0 Å². The SMILES string of the molecule is CC(C)(C)Cc1ccc2c(CC(C)(C)C)c3c(cc2c1)c1nccc2ccc4c5cc(C6CCCC6)ccc5n3c4c21. The molecule has 0 unspecified atom stereocenters. The lowest BCUT2D eigenvalue weighted by atomic mass is 9.83. The van der Waals surface area contributed by atoms with Crippen LogP contribution >= 0.6 is 0 Å². The lowest BCUT2D eigenvalue weighted by Gasteiger charge is -2.24. The highest BCUT2D eigenvalue weighted by atomic mass is 14.9. The van der Waals surface area contributed by atoms with Gasteiger partial charge in [0.25, 0.3) is 0 Å². The Morgan fingerprint density at radius 3 is 2.21 bits per heavy atom. The zero-order valence-electron chi connectivity index (χ0n) is 26.1. The fraction of sp³-hybridized carbons (Fsp3) is 0.375. The van der Waals surface area contributed by atoms with E-state index in [-0.39, 0.29) is 10.8 Å². The number of nitrogens with zero attached hydrogens (tertiary/aromatic N) is 2. The summed E-state index contributed by atoms with van der Waals surface area (Å²) in [5.41, 5.74) is 9.90. The van der Waals surface area contributed by atoms with Crippen LogP contribution in [-0.2, 0) is 12.8 Å². The van der Waals surface area contributed by atoms with Crippen molar-refractivity contribution in [1.29, 1.82) is 0 Å². The van der Waals surface area contributed by atoms with Gasteiger partial charge in [-0.3, -0.25) is 4.98 Å². The monoisotopic (exact) mass is 550 g/mol. The minimum absolute atomic E-state index is 0.139. The number of hydrogen-bond donors (Lipinski definition) is 0. The molecule has 3 heterocycles. The highest BCUT2D eigenvalue weighted by Gasteiger charge is 2.25. The maximum absolute atomic E-state index is 5.13. The molecule has 4 aromatic carbocycles. The molecule has 1 aliphatic carbocycles. The molecule has 0 spiro atoms. The van der Waals surface area contributed by atoms with Crippen LogP contribution in [0.15, 0.2) is 66.9 Å². The van der Waals surface area contributed by atoms with Crippen molar-refractivity contribution in [1.82, 2.24) is 9.38 Å². The lowest BCUT2D eigenvalue weighted by molar-refractivity contribution is 0.411. The van der Waals surface area contributed by atoms with Crippen LogP contribution in [0, 0.1) is 10.8 Å². The predicted octanol–water partition coefficient (Wildman–Crippen LogP) is 11.4. The molecule has 8 rings (SSSR count). The van der Waals surface area contributed by atoms with Crippen LogP contribution < -0.4 is 0 Å². The molecule has 7 aromatic rings. The van der Waals surface area contributed by atoms with Crippen LogP contribution in [-0.4, -0.2) is 9.38 Å². The summed E-state index contributed by atoms with van der Waals surface area (Å²) in [6.07, 6.45) is 9.44. The molecule has 2 nitrogen and oxygen atoms in total. The Morgan fingerprint density at radius 2 is 1.45 bits per heavy atom. The zero-order valence-corrected chi connectivity index (χ0v) is 26.1. The summed E-state index contributed by atoms with van der Waals surface area (Å²) in [7, 11) is 0. The Hall–Kier alpha value is -3.65. The molecular weight excluding hydrogens is 508 g/mol. The Bertz CT molecular complexity index is 2160. The predicted molar refractivity (Wildman–Crippen MR) is 181 cm³/mol. The molecular formula is C40H42N2. The van der Waals surface area contributed by atoms with Gasteiger partial charge in [0.15, 0.2) is 0 Å². The third kappa shape index (κ3) is 4.02. The highest BCUT2D eigenvalue weighted by Crippen LogP contribution is 2.45. The van der Waals surface area contributed by atoms with Crippen molar-refractivity contribution < 1.29 is 0 Å². The summed E-state index contributed by atoms with van der Waals surface area (Å²) in [4.78, 5) is 5.13. The fourth-order valence-electron chi connectivity index (χ4n) is 8.12. The van der Waals surface area contributed by atoms with Crippen LogP contribution in [0.25, 0.3) is 59.8 Å². The molecule has 0 amide bonds. The molecule has 1 fully saturated rings. The average Bonchev–Trinajstić information content (AvgIpc) is 3.57. The van der Waals surface area contributed by atoms with Crippen LogP contribution in [0.3, 0.4) is 0 Å². The second kappa shape index (κ2) is 8.93. The molecule has 0 N–H and O–H groups in total. The van der Waals surface area contributed by atoms with Gasteiger partial charge in [0.2, 0.25) is 0 Å². The van der Waals surface area contributed by atoms with E-state index in [1.807, 2.05) is 6.20 Å². The van der Waals surface area contributed by atoms with Gasteiger partial charge in [-0.05, 0) is 99.5 Å². The van der Waals surface area contributed by atoms with E-state index in [1.54, 1.807) is 0 Å². The van der Waals surface area contributed by atoms with Crippen LogP contribution in [0.5, 0.6) is 0 Å². The van der Waals surface area contributed by atoms with Gasteiger partial charge in [0.05, 0.1) is 22.1 Å². The summed E-state index contributed by atoms with van der Waals surface area (Å²) >= 11 is 0. The zero-order chi connectivity index (χ0) is 29.0. The first-order chi connectivity index (χ1) is 20.1. The van der Waals surface area contributed by atoms with E-state index in [0.29, 0.717) is 5.92 Å². The largest absolute Gasteiger partial charge is 0.308 e. The number of fused-ring (bicyclic) bond motifs is 7. The Balaban J connectivity index is 1.57. The molecule has 1 saturated carbocycles. The van der Waals surface area contributed by atoms with Crippen molar-refractivity contribution in [2.75, 3.05) is 0 Å². The number of aromatic nitrogens is 2. The second-order valence-electron chi connectivity index (χ2n) is 15.6. The van der Waals surface area contributed by atoms with Gasteiger partial charge in [-0.25, -0.2) is 0 Å². The smallest absolute Gasteiger partial charge is 0.0823 e. The maximum Gasteiger partial charge on any atom is 0.0823 e. The summed E-state index contributed by atoms with van der Waals surface area (Å²) in [5.74, 6) is 0.700. The van der Waals surface area contributed by atoms with Crippen molar-refractivity contribution in [2.45, 2.75) is 86.0 Å². The lowest BCUT2D eigenvalue weighted by Crippen LogP contribution is -2.12. The highest BCUT2D eigenvalue weighted by molar-refractivity contribution is 6.29. The summed E-state index contributed by atoms with van der Waals surface area (Å²) in [6, 6.07) is 23.9. The molecule has 42 heavy (non-hydrogen) atoms. The third-order valence-electron chi connectivity index (χ3n) is 9.71. The average molecular weight is 551 g/mol. The van der Waals surface area contributed by atoms with E-state index < -0.39 is 0 Å². The minimum Gasteiger partial charge on any atom is -0.308 e. The van der Waals surface area contributed by atoms with Gasteiger partial charge < -0.3 is 4.40 Å². The normalized spacial score (nSPS) is 15.6. The topological polar surface area (TPSA) is 17.3 Å². The van der Waals surface area contributed by atoms with Gasteiger partial charge in [-0.1, -0.05) is 90.8 Å². The Kier molecular flexibility index (Phi) is 5.53. The van der Waals surface area contributed by atoms with Gasteiger partial charge in [-0.15, -0.1) is 0 Å². The van der Waals surface area contributed by atoms with E-state index in [0.717, 1.165) is 18.4 Å². The first kappa shape index (κ1) is 26.0. The van der Waals surface area contributed by atoms with Crippen LogP contribution in [0.1, 0.15) is 89.8 Å². The number of pyridine rings is 2. The first-order valence-electron chi connectivity index (χ1n) is 16.0. The van der Waals surface area contributed by atoms with E-state index in [1.165, 1.54) is 96.6 Å². The van der Waals surface area contributed by atoms with Gasteiger partial charge in [-0.2, -0.15) is 0 Å². The standard InChI is InChI=1S/C40H42N2/c1-39(2,3)22-24-11-14-29-28(19-24)21-32-36-35-26(17-18-41-36)12-15-30-31-20-27(25-9-7-8-10-25)13-16-34(31)42(38(30)35)37(32)33(29)23-40(4,5)6/h11-21,25H,7-10,22-23H2,1-6H3. The van der Waals surface area contributed by atoms with Crippen molar-refractivity contribution in [3.05, 3.63) is 83.6 Å². The summed E-state index contributed by atoms with van der Waals surface area (Å²) in [5, 5.41) is 9.32. The molecule has 0 radical (unpaired) electrons. The molecule has 212 valence electrons. The van der Waals surface area contributed by atoms with Gasteiger partial charge in [0.1, 0.15) is 0 Å². The molecule has 0 saturated heterocycles. The fourth-order valence-corrected chi connectivity index (χ4v) is 8.12. The van der Waals surface area contributed by atoms with E-state index >= 15 is 0 Å². The Labute approximate surface area is 249 Å². The number of benzene rings is 4. The second-order valence-corrected chi connectivity index (χ2v) is 15.6. The van der Waals surface area contributed by atoms with E-state index in [4.69, 9.17) is 4.98 Å². The van der Waals surface area contributed by atoms with E-state index in [2.05, 4.69) is 107 Å². The quantitative estimate of drug-likeness (QED) is 0.158. The molecule has 0 bridgehead atoms. The number of rotatable bonds is 3. The molecule has 3 aromatic heterocycles. The first-order valence-corrected chi connectivity index (χ1v) is 16.0. The summed E-state index contributed by atoms with van der Waals surface area (Å²) in [6.45, 7) is 14.1. The molecule has 2 heteroatoms. The van der Waals surface area contributed by atoms with Gasteiger partial charge in [0, 0.05) is 27.7 Å². The third-order valence-corrected chi connectivity index (χ3v) is 9.71. The van der Waals surface area contributed by atoms with E-state index in [9.17, 15) is 0 Å². The maximum atomic E-state index is 5.13.